The van der Waals surface area contributed by atoms with E-state index in [0.29, 0.717) is 42.0 Å². The van der Waals surface area contributed by atoms with Gasteiger partial charge in [0.05, 0.1) is 18.8 Å². The number of aromatic hydroxyl groups is 1. The number of hydrogen-bond donors (Lipinski definition) is 2. The van der Waals surface area contributed by atoms with Gasteiger partial charge in [-0.05, 0) is 70.7 Å². The van der Waals surface area contributed by atoms with Gasteiger partial charge in [0.2, 0.25) is 0 Å². The highest BCUT2D eigenvalue weighted by atomic mass is 16.9. The van der Waals surface area contributed by atoms with Crippen molar-refractivity contribution in [2.24, 2.45) is 0 Å². The summed E-state index contributed by atoms with van der Waals surface area (Å²) in [6.45, 7) is 15.1. The number of unbranched alkanes of at least 4 members (excludes halogenated alkanes) is 14. The van der Waals surface area contributed by atoms with Gasteiger partial charge in [0, 0.05) is 17.2 Å². The maximum atomic E-state index is 11.6. The van der Waals surface area contributed by atoms with E-state index in [1.54, 1.807) is 19.1 Å². The van der Waals surface area contributed by atoms with Crippen LogP contribution in [-0.2, 0) is 9.47 Å². The molecule has 2 N–H and O–H groups in total. The standard InChI is InChI=1S/C48H69N3O5/c1-8-10-12-14-16-18-20-22-30-54-48(39(7)52,55-31-23-21-19-17-15-13-11-9-2)56-40-26-29-43(44(53)34-40)47-50-45(41-27-24-35(3)32-37(41)5)49-46(51-47)42-28-25-36(4)33-38(42)6/h24-29,32-34,39,52-53H,8-23,30-31H2,1-7H3. The van der Waals surface area contributed by atoms with Gasteiger partial charge in [0.1, 0.15) is 17.6 Å². The van der Waals surface area contributed by atoms with Gasteiger partial charge >= 0.3 is 5.97 Å². The largest absolute Gasteiger partial charge is 0.507 e. The van der Waals surface area contributed by atoms with Gasteiger partial charge in [0.15, 0.2) is 17.5 Å². The summed E-state index contributed by atoms with van der Waals surface area (Å²) in [5, 5.41) is 22.7. The Balaban J connectivity index is 1.58. The molecule has 0 amide bonds. The predicted molar refractivity (Wildman–Crippen MR) is 229 cm³/mol. The molecule has 8 nitrogen and oxygen atoms in total. The Morgan fingerprint density at radius 2 is 0.929 bits per heavy atom. The van der Waals surface area contributed by atoms with Crippen LogP contribution in [0.25, 0.3) is 34.2 Å². The van der Waals surface area contributed by atoms with Gasteiger partial charge in [-0.2, -0.15) is 0 Å². The molecular formula is C48H69N3O5. The number of aromatic nitrogens is 3. The molecule has 1 atom stereocenters. The molecule has 306 valence electrons. The fraction of sp³-hybridized carbons (Fsp3) is 0.562. The van der Waals surface area contributed by atoms with Crippen LogP contribution < -0.4 is 4.74 Å². The zero-order valence-electron chi connectivity index (χ0n) is 35.5. The van der Waals surface area contributed by atoms with E-state index in [2.05, 4.69) is 39.8 Å². The average Bonchev–Trinajstić information content (AvgIpc) is 3.16. The van der Waals surface area contributed by atoms with E-state index in [1.165, 1.54) is 70.3 Å². The lowest BCUT2D eigenvalue weighted by Crippen LogP contribution is -2.51. The third-order valence-corrected chi connectivity index (χ3v) is 10.5. The van der Waals surface area contributed by atoms with E-state index >= 15 is 0 Å². The summed E-state index contributed by atoms with van der Waals surface area (Å²) in [5.74, 6) is -0.101. The summed E-state index contributed by atoms with van der Waals surface area (Å²) >= 11 is 0. The van der Waals surface area contributed by atoms with Gasteiger partial charge in [-0.15, -0.1) is 0 Å². The van der Waals surface area contributed by atoms with E-state index in [4.69, 9.17) is 29.2 Å². The van der Waals surface area contributed by atoms with Crippen LogP contribution in [0.3, 0.4) is 0 Å². The second-order valence-electron chi connectivity index (χ2n) is 15.7. The number of aliphatic hydroxyl groups excluding tert-OH is 1. The van der Waals surface area contributed by atoms with E-state index in [1.807, 2.05) is 38.1 Å². The van der Waals surface area contributed by atoms with Crippen molar-refractivity contribution in [3.63, 3.8) is 0 Å². The SMILES string of the molecule is CCCCCCCCCCOC(OCCCCCCCCCC)(Oc1ccc(-c2nc(-c3ccc(C)cc3C)nc(-c3ccc(C)cc3C)n2)c(O)c1)C(C)O. The summed E-state index contributed by atoms with van der Waals surface area (Å²) in [6, 6.07) is 17.4. The Morgan fingerprint density at radius 1 is 0.536 bits per heavy atom. The van der Waals surface area contributed by atoms with Crippen LogP contribution in [0, 0.1) is 27.7 Å². The van der Waals surface area contributed by atoms with Crippen molar-refractivity contribution >= 4 is 0 Å². The number of phenols is 1. The quantitative estimate of drug-likeness (QED) is 0.0480. The van der Waals surface area contributed by atoms with Crippen molar-refractivity contribution in [2.75, 3.05) is 13.2 Å². The van der Waals surface area contributed by atoms with Gasteiger partial charge < -0.3 is 24.4 Å². The van der Waals surface area contributed by atoms with Crippen LogP contribution in [0.1, 0.15) is 146 Å². The molecular weight excluding hydrogens is 699 g/mol. The molecule has 0 fully saturated rings. The molecule has 8 heteroatoms. The molecule has 0 spiro atoms. The lowest BCUT2D eigenvalue weighted by atomic mass is 10.0. The van der Waals surface area contributed by atoms with E-state index in [0.717, 1.165) is 71.9 Å². The molecule has 56 heavy (non-hydrogen) atoms. The summed E-state index contributed by atoms with van der Waals surface area (Å²) in [7, 11) is 0. The van der Waals surface area contributed by atoms with Crippen molar-refractivity contribution in [1.29, 1.82) is 0 Å². The second kappa shape index (κ2) is 23.4. The molecule has 1 unspecified atom stereocenters. The summed E-state index contributed by atoms with van der Waals surface area (Å²) in [4.78, 5) is 14.7. The minimum Gasteiger partial charge on any atom is -0.507 e. The van der Waals surface area contributed by atoms with Gasteiger partial charge in [-0.25, -0.2) is 15.0 Å². The summed E-state index contributed by atoms with van der Waals surface area (Å²) < 4.78 is 19.1. The maximum absolute atomic E-state index is 11.6. The highest BCUT2D eigenvalue weighted by molar-refractivity contribution is 5.72. The fourth-order valence-corrected chi connectivity index (χ4v) is 7.12. The molecule has 4 aromatic rings. The topological polar surface area (TPSA) is 107 Å². The third-order valence-electron chi connectivity index (χ3n) is 10.5. The van der Waals surface area contributed by atoms with Crippen LogP contribution in [0.5, 0.6) is 11.5 Å². The number of aryl methyl sites for hydroxylation is 4. The highest BCUT2D eigenvalue weighted by Gasteiger charge is 2.41. The molecule has 0 bridgehead atoms. The van der Waals surface area contributed by atoms with Gasteiger partial charge in [0.25, 0.3) is 0 Å². The Hall–Kier alpha value is -3.85. The van der Waals surface area contributed by atoms with Crippen LogP contribution in [0.4, 0.5) is 0 Å². The smallest absolute Gasteiger partial charge is 0.354 e. The maximum Gasteiger partial charge on any atom is 0.354 e. The van der Waals surface area contributed by atoms with E-state index in [9.17, 15) is 10.2 Å². The molecule has 0 aliphatic rings. The molecule has 0 radical (unpaired) electrons. The number of nitrogens with zero attached hydrogens (tertiary/aromatic N) is 3. The Bertz CT molecular complexity index is 1680. The zero-order valence-corrected chi connectivity index (χ0v) is 35.5. The number of ether oxygens (including phenoxy) is 3. The lowest BCUT2D eigenvalue weighted by molar-refractivity contribution is -0.377. The first-order valence-electron chi connectivity index (χ1n) is 21.5. The normalized spacial score (nSPS) is 12.3. The first-order chi connectivity index (χ1) is 27.1. The zero-order chi connectivity index (χ0) is 40.3. The Kier molecular flexibility index (Phi) is 18.7. The number of hydrogen-bond acceptors (Lipinski definition) is 8. The number of aliphatic hydroxyl groups is 1. The first-order valence-corrected chi connectivity index (χ1v) is 21.5. The predicted octanol–water partition coefficient (Wildman–Crippen LogP) is 12.5. The fourth-order valence-electron chi connectivity index (χ4n) is 7.12. The van der Waals surface area contributed by atoms with Crippen molar-refractivity contribution in [3.05, 3.63) is 76.9 Å². The lowest BCUT2D eigenvalue weighted by Gasteiger charge is -2.36. The Morgan fingerprint density at radius 3 is 1.32 bits per heavy atom. The summed E-state index contributed by atoms with van der Waals surface area (Å²) in [5.41, 5.74) is 6.63. The monoisotopic (exact) mass is 768 g/mol. The van der Waals surface area contributed by atoms with Crippen molar-refractivity contribution in [2.45, 2.75) is 163 Å². The number of benzene rings is 3. The molecule has 1 aromatic heterocycles. The molecule has 1 heterocycles. The third kappa shape index (κ3) is 13.7. The van der Waals surface area contributed by atoms with E-state index < -0.39 is 12.1 Å². The molecule has 3 aromatic carbocycles. The highest BCUT2D eigenvalue weighted by Crippen LogP contribution is 2.36. The molecule has 0 saturated heterocycles. The molecule has 0 saturated carbocycles. The van der Waals surface area contributed by atoms with Crippen molar-refractivity contribution in [3.8, 4) is 45.7 Å². The van der Waals surface area contributed by atoms with Gasteiger partial charge in [-0.1, -0.05) is 151 Å². The van der Waals surface area contributed by atoms with Crippen molar-refractivity contribution < 1.29 is 24.4 Å². The second-order valence-corrected chi connectivity index (χ2v) is 15.7. The summed E-state index contributed by atoms with van der Waals surface area (Å²) in [6.07, 6.45) is 17.6. The molecule has 0 aliphatic carbocycles. The van der Waals surface area contributed by atoms with E-state index in [-0.39, 0.29) is 5.75 Å². The molecule has 0 aliphatic heterocycles. The minimum atomic E-state index is -1.73. The van der Waals surface area contributed by atoms with Crippen LogP contribution in [-0.4, -0.2) is 50.5 Å². The number of rotatable bonds is 26. The van der Waals surface area contributed by atoms with Crippen LogP contribution in [0.15, 0.2) is 54.6 Å². The first kappa shape index (κ1) is 44.9. The van der Waals surface area contributed by atoms with Crippen molar-refractivity contribution in [1.82, 2.24) is 15.0 Å². The van der Waals surface area contributed by atoms with Gasteiger partial charge in [-0.3, -0.25) is 0 Å². The number of phenolic OH excluding ortho intramolecular Hbond substituents is 1. The minimum absolute atomic E-state index is 0.0718. The average molecular weight is 768 g/mol. The van der Waals surface area contributed by atoms with Crippen LogP contribution >= 0.6 is 0 Å². The Labute approximate surface area is 337 Å². The van der Waals surface area contributed by atoms with Crippen LogP contribution in [0.2, 0.25) is 0 Å². The molecule has 4 rings (SSSR count).